The van der Waals surface area contributed by atoms with Crippen molar-refractivity contribution in [2.45, 2.75) is 18.3 Å². The minimum atomic E-state index is -4.80. The third-order valence-electron chi connectivity index (χ3n) is 5.85. The van der Waals surface area contributed by atoms with Gasteiger partial charge >= 0.3 is 6.36 Å². The number of aryl methyl sites for hydroxylation is 1. The summed E-state index contributed by atoms with van der Waals surface area (Å²) in [7, 11) is 1.79. The van der Waals surface area contributed by atoms with Crippen molar-refractivity contribution in [1.82, 2.24) is 20.1 Å². The van der Waals surface area contributed by atoms with Crippen LogP contribution in [-0.2, 0) is 12.6 Å². The maximum absolute atomic E-state index is 13.6. The molecule has 7 nitrogen and oxygen atoms in total. The Balaban J connectivity index is 1.59. The topological polar surface area (TPSA) is 78.3 Å². The summed E-state index contributed by atoms with van der Waals surface area (Å²) in [5.74, 6) is -0.233. The van der Waals surface area contributed by atoms with Gasteiger partial charge in [-0.15, -0.1) is 13.2 Å². The summed E-state index contributed by atoms with van der Waals surface area (Å²) >= 11 is 0. The number of nitrogens with zero attached hydrogens (tertiary/aromatic N) is 3. The molecule has 1 atom stereocenters. The lowest BCUT2D eigenvalue weighted by atomic mass is 9.81. The fraction of sp³-hybridized carbons (Fsp3) is 0.208. The summed E-state index contributed by atoms with van der Waals surface area (Å²) < 4.78 is 49.4. The minimum Gasteiger partial charge on any atom is -0.491 e. The molecule has 2 aromatic heterocycles. The van der Waals surface area contributed by atoms with Gasteiger partial charge in [-0.05, 0) is 42.0 Å². The van der Waals surface area contributed by atoms with Gasteiger partial charge in [0.05, 0.1) is 23.9 Å². The Morgan fingerprint density at radius 2 is 1.94 bits per heavy atom. The molecule has 34 heavy (non-hydrogen) atoms. The number of amides is 1. The van der Waals surface area contributed by atoms with Crippen LogP contribution in [0.2, 0.25) is 0 Å². The van der Waals surface area contributed by atoms with E-state index in [2.05, 4.69) is 20.1 Å². The van der Waals surface area contributed by atoms with Crippen LogP contribution in [-0.4, -0.2) is 33.6 Å². The largest absolute Gasteiger partial charge is 0.573 e. The average molecular weight is 468 g/mol. The van der Waals surface area contributed by atoms with Crippen LogP contribution in [0.1, 0.15) is 28.0 Å². The lowest BCUT2D eigenvalue weighted by molar-refractivity contribution is -0.274. The standard InChI is InChI=1S/C24H19F3N4O3/c1-31-19-5-2-4-17(18(19)14-29-31)22(32)30-23(11-13-33-20-6-3-12-28-21(20)23)15-7-9-16(10-8-15)34-24(25,26)27/h2-10,12,14H,11,13H2,1H3,(H,30,32). The molecule has 1 aliphatic rings. The molecule has 1 amide bonds. The van der Waals surface area contributed by atoms with Crippen molar-refractivity contribution in [3.05, 3.63) is 83.8 Å². The van der Waals surface area contributed by atoms with Gasteiger partial charge in [0.25, 0.3) is 5.91 Å². The van der Waals surface area contributed by atoms with E-state index in [-0.39, 0.29) is 18.3 Å². The van der Waals surface area contributed by atoms with E-state index in [0.717, 1.165) is 5.52 Å². The number of rotatable bonds is 4. The first-order valence-electron chi connectivity index (χ1n) is 10.4. The van der Waals surface area contributed by atoms with E-state index in [9.17, 15) is 18.0 Å². The summed E-state index contributed by atoms with van der Waals surface area (Å²) in [4.78, 5) is 18.1. The Morgan fingerprint density at radius 3 is 2.71 bits per heavy atom. The molecule has 0 spiro atoms. The van der Waals surface area contributed by atoms with Crippen LogP contribution in [0.4, 0.5) is 13.2 Å². The Hall–Kier alpha value is -4.08. The maximum atomic E-state index is 13.6. The average Bonchev–Trinajstić information content (AvgIpc) is 3.19. The summed E-state index contributed by atoms with van der Waals surface area (Å²) in [6, 6.07) is 14.2. The number of hydrogen-bond donors (Lipinski definition) is 1. The van der Waals surface area contributed by atoms with Crippen molar-refractivity contribution in [3.63, 3.8) is 0 Å². The Bertz CT molecular complexity index is 1370. The number of alkyl halides is 3. The molecule has 4 aromatic rings. The lowest BCUT2D eigenvalue weighted by Crippen LogP contribution is -2.50. The van der Waals surface area contributed by atoms with E-state index in [0.29, 0.717) is 34.4 Å². The quantitative estimate of drug-likeness (QED) is 0.483. The highest BCUT2D eigenvalue weighted by molar-refractivity contribution is 6.06. The third-order valence-corrected chi connectivity index (χ3v) is 5.85. The number of carbonyl (C=O) groups excluding carboxylic acids is 1. The summed E-state index contributed by atoms with van der Waals surface area (Å²) in [6.45, 7) is 0.275. The van der Waals surface area contributed by atoms with Crippen molar-refractivity contribution in [2.75, 3.05) is 6.61 Å². The molecular formula is C24H19F3N4O3. The first-order valence-corrected chi connectivity index (χ1v) is 10.4. The zero-order valence-corrected chi connectivity index (χ0v) is 18.0. The molecular weight excluding hydrogens is 449 g/mol. The van der Waals surface area contributed by atoms with E-state index in [4.69, 9.17) is 4.74 Å². The number of carbonyl (C=O) groups is 1. The van der Waals surface area contributed by atoms with E-state index >= 15 is 0 Å². The SMILES string of the molecule is Cn1ncc2c(C(=O)NC3(c4ccc(OC(F)(F)F)cc4)CCOc4cccnc43)cccc21. The predicted molar refractivity (Wildman–Crippen MR) is 116 cm³/mol. The molecule has 0 aliphatic carbocycles. The number of aromatic nitrogens is 3. The fourth-order valence-corrected chi connectivity index (χ4v) is 4.31. The second kappa shape index (κ2) is 8.05. The maximum Gasteiger partial charge on any atom is 0.573 e. The predicted octanol–water partition coefficient (Wildman–Crippen LogP) is 4.32. The number of halogens is 3. The van der Waals surface area contributed by atoms with Crippen LogP contribution in [0.25, 0.3) is 10.9 Å². The highest BCUT2D eigenvalue weighted by Crippen LogP contribution is 2.41. The van der Waals surface area contributed by atoms with Gasteiger partial charge in [-0.1, -0.05) is 18.2 Å². The third kappa shape index (κ3) is 3.81. The normalized spacial score (nSPS) is 17.6. The molecule has 5 rings (SSSR count). The zero-order chi connectivity index (χ0) is 23.9. The molecule has 0 radical (unpaired) electrons. The number of nitrogens with one attached hydrogen (secondary N) is 1. The van der Waals surface area contributed by atoms with Crippen LogP contribution in [0.3, 0.4) is 0 Å². The summed E-state index contributed by atoms with van der Waals surface area (Å²) in [5.41, 5.74) is 1.11. The van der Waals surface area contributed by atoms with Crippen LogP contribution < -0.4 is 14.8 Å². The van der Waals surface area contributed by atoms with Crippen molar-refractivity contribution in [2.24, 2.45) is 7.05 Å². The molecule has 1 unspecified atom stereocenters. The lowest BCUT2D eigenvalue weighted by Gasteiger charge is -2.39. The fourth-order valence-electron chi connectivity index (χ4n) is 4.31. The van der Waals surface area contributed by atoms with Crippen LogP contribution in [0, 0.1) is 0 Å². The van der Waals surface area contributed by atoms with E-state index in [1.165, 1.54) is 24.3 Å². The Morgan fingerprint density at radius 1 is 1.15 bits per heavy atom. The van der Waals surface area contributed by atoms with E-state index < -0.39 is 11.9 Å². The van der Waals surface area contributed by atoms with Crippen molar-refractivity contribution < 1.29 is 27.4 Å². The van der Waals surface area contributed by atoms with Gasteiger partial charge < -0.3 is 14.8 Å². The van der Waals surface area contributed by atoms with Gasteiger partial charge in [0.1, 0.15) is 22.7 Å². The van der Waals surface area contributed by atoms with Crippen LogP contribution >= 0.6 is 0 Å². The number of pyridine rings is 1. The molecule has 174 valence electrons. The number of benzene rings is 2. The molecule has 10 heteroatoms. The van der Waals surface area contributed by atoms with Crippen molar-refractivity contribution in [1.29, 1.82) is 0 Å². The van der Waals surface area contributed by atoms with Gasteiger partial charge in [-0.3, -0.25) is 14.5 Å². The van der Waals surface area contributed by atoms with Gasteiger partial charge in [-0.25, -0.2) is 0 Å². The summed E-state index contributed by atoms with van der Waals surface area (Å²) in [6.07, 6.45) is -1.28. The van der Waals surface area contributed by atoms with Crippen molar-refractivity contribution in [3.8, 4) is 11.5 Å². The monoisotopic (exact) mass is 468 g/mol. The molecule has 0 fully saturated rings. The molecule has 1 aliphatic heterocycles. The summed E-state index contributed by atoms with van der Waals surface area (Å²) in [5, 5.41) is 8.02. The number of fused-ring (bicyclic) bond motifs is 2. The van der Waals surface area contributed by atoms with Gasteiger partial charge in [-0.2, -0.15) is 5.10 Å². The van der Waals surface area contributed by atoms with E-state index in [1.807, 2.05) is 6.07 Å². The second-order valence-corrected chi connectivity index (χ2v) is 7.89. The minimum absolute atomic E-state index is 0.275. The highest BCUT2D eigenvalue weighted by atomic mass is 19.4. The zero-order valence-electron chi connectivity index (χ0n) is 18.0. The molecule has 0 bridgehead atoms. The number of ether oxygens (including phenoxy) is 2. The highest BCUT2D eigenvalue weighted by Gasteiger charge is 2.43. The van der Waals surface area contributed by atoms with Crippen LogP contribution in [0.5, 0.6) is 11.5 Å². The molecule has 0 saturated carbocycles. The van der Waals surface area contributed by atoms with E-state index in [1.54, 1.807) is 48.4 Å². The molecule has 1 N–H and O–H groups in total. The second-order valence-electron chi connectivity index (χ2n) is 7.89. The van der Waals surface area contributed by atoms with Gasteiger partial charge in [0.15, 0.2) is 0 Å². The Kier molecular flexibility index (Phi) is 5.15. The van der Waals surface area contributed by atoms with Crippen LogP contribution in [0.15, 0.2) is 67.0 Å². The molecule has 0 saturated heterocycles. The first-order chi connectivity index (χ1) is 16.3. The smallest absolute Gasteiger partial charge is 0.491 e. The molecule has 2 aromatic carbocycles. The number of hydrogen-bond acceptors (Lipinski definition) is 5. The first kappa shape index (κ1) is 21.7. The van der Waals surface area contributed by atoms with Crippen molar-refractivity contribution >= 4 is 16.8 Å². The van der Waals surface area contributed by atoms with Gasteiger partial charge in [0, 0.05) is 25.1 Å². The van der Waals surface area contributed by atoms with Gasteiger partial charge in [0.2, 0.25) is 0 Å². The Labute approximate surface area is 192 Å². The molecule has 3 heterocycles.